The molecule has 0 fully saturated rings. The van der Waals surface area contributed by atoms with Gasteiger partial charge in [0.25, 0.3) is 0 Å². The first-order valence-electron chi connectivity index (χ1n) is 6.57. The molecule has 1 rings (SSSR count). The molecule has 0 aliphatic carbocycles. The van der Waals surface area contributed by atoms with E-state index in [0.29, 0.717) is 6.04 Å². The number of hydrogen-bond acceptors (Lipinski definition) is 2. The third-order valence-corrected chi connectivity index (χ3v) is 3.20. The van der Waals surface area contributed by atoms with Crippen LogP contribution in [0.15, 0.2) is 24.3 Å². The highest BCUT2D eigenvalue weighted by Crippen LogP contribution is 2.11. The number of rotatable bonds is 7. The molecule has 0 amide bonds. The molecule has 1 atom stereocenters. The van der Waals surface area contributed by atoms with Gasteiger partial charge in [-0.3, -0.25) is 4.90 Å². The summed E-state index contributed by atoms with van der Waals surface area (Å²) < 4.78 is 0. The zero-order valence-electron chi connectivity index (χ0n) is 11.7. The van der Waals surface area contributed by atoms with Gasteiger partial charge in [-0.25, -0.2) is 0 Å². The van der Waals surface area contributed by atoms with Crippen LogP contribution in [0.25, 0.3) is 0 Å². The Kier molecular flexibility index (Phi) is 6.23. The Balaban J connectivity index is 2.59. The zero-order valence-corrected chi connectivity index (χ0v) is 11.7. The van der Waals surface area contributed by atoms with Crippen molar-refractivity contribution < 1.29 is 0 Å². The maximum atomic E-state index is 3.29. The second-order valence-corrected chi connectivity index (χ2v) is 4.90. The fourth-order valence-electron chi connectivity index (χ4n) is 2.27. The van der Waals surface area contributed by atoms with E-state index < -0.39 is 0 Å². The van der Waals surface area contributed by atoms with Crippen LogP contribution in [0.1, 0.15) is 30.9 Å². The Bertz CT molecular complexity index is 316. The maximum Gasteiger partial charge on any atom is 0.0234 e. The van der Waals surface area contributed by atoms with Gasteiger partial charge in [0.2, 0.25) is 0 Å². The van der Waals surface area contributed by atoms with Gasteiger partial charge < -0.3 is 5.32 Å². The summed E-state index contributed by atoms with van der Waals surface area (Å²) in [5, 5.41) is 3.29. The van der Waals surface area contributed by atoms with E-state index in [-0.39, 0.29) is 0 Å². The van der Waals surface area contributed by atoms with Crippen molar-refractivity contribution in [3.63, 3.8) is 0 Å². The number of aryl methyl sites for hydroxylation is 1. The standard InChI is InChI=1S/C15H26N2/c1-5-7-15(11-16-3)17(4)12-14-9-6-8-13(2)10-14/h6,8-10,15-16H,5,7,11-12H2,1-4H3. The van der Waals surface area contributed by atoms with Crippen LogP contribution in [0.5, 0.6) is 0 Å². The van der Waals surface area contributed by atoms with E-state index in [1.54, 1.807) is 0 Å². The normalized spacial score (nSPS) is 13.0. The summed E-state index contributed by atoms with van der Waals surface area (Å²) in [7, 11) is 4.25. The molecule has 0 aromatic heterocycles. The number of nitrogens with zero attached hydrogens (tertiary/aromatic N) is 1. The Morgan fingerprint density at radius 1 is 1.35 bits per heavy atom. The van der Waals surface area contributed by atoms with E-state index in [2.05, 4.69) is 55.4 Å². The summed E-state index contributed by atoms with van der Waals surface area (Å²) in [5.41, 5.74) is 2.75. The van der Waals surface area contributed by atoms with Crippen LogP contribution >= 0.6 is 0 Å². The van der Waals surface area contributed by atoms with E-state index in [1.165, 1.54) is 24.0 Å². The van der Waals surface area contributed by atoms with Crippen LogP contribution in [0.3, 0.4) is 0 Å². The Morgan fingerprint density at radius 3 is 2.71 bits per heavy atom. The second kappa shape index (κ2) is 7.46. The van der Waals surface area contributed by atoms with E-state index in [9.17, 15) is 0 Å². The summed E-state index contributed by atoms with van der Waals surface area (Å²) in [6.07, 6.45) is 2.49. The Labute approximate surface area is 106 Å². The molecule has 0 radical (unpaired) electrons. The average molecular weight is 234 g/mol. The molecular formula is C15H26N2. The molecule has 1 unspecified atom stereocenters. The molecule has 0 saturated heterocycles. The van der Waals surface area contributed by atoms with E-state index in [4.69, 9.17) is 0 Å². The van der Waals surface area contributed by atoms with Crippen molar-refractivity contribution in [3.05, 3.63) is 35.4 Å². The lowest BCUT2D eigenvalue weighted by molar-refractivity contribution is 0.218. The quantitative estimate of drug-likeness (QED) is 0.780. The van der Waals surface area contributed by atoms with Crippen LogP contribution in [0.2, 0.25) is 0 Å². The minimum Gasteiger partial charge on any atom is -0.318 e. The van der Waals surface area contributed by atoms with Crippen molar-refractivity contribution in [2.24, 2.45) is 0 Å². The van der Waals surface area contributed by atoms with E-state index >= 15 is 0 Å². The summed E-state index contributed by atoms with van der Waals surface area (Å²) in [6.45, 7) is 6.51. The molecule has 96 valence electrons. The van der Waals surface area contributed by atoms with Gasteiger partial charge >= 0.3 is 0 Å². The van der Waals surface area contributed by atoms with Crippen LogP contribution in [-0.4, -0.2) is 31.6 Å². The topological polar surface area (TPSA) is 15.3 Å². The van der Waals surface area contributed by atoms with Gasteiger partial charge in [0.15, 0.2) is 0 Å². The monoisotopic (exact) mass is 234 g/mol. The minimum atomic E-state index is 0.630. The predicted molar refractivity (Wildman–Crippen MR) is 75.3 cm³/mol. The van der Waals surface area contributed by atoms with E-state index in [0.717, 1.165) is 13.1 Å². The fourth-order valence-corrected chi connectivity index (χ4v) is 2.27. The van der Waals surface area contributed by atoms with Crippen molar-refractivity contribution in [1.82, 2.24) is 10.2 Å². The van der Waals surface area contributed by atoms with Gasteiger partial charge in [-0.1, -0.05) is 43.2 Å². The maximum absolute atomic E-state index is 3.29. The van der Waals surface area contributed by atoms with Crippen LogP contribution < -0.4 is 5.32 Å². The summed E-state index contributed by atoms with van der Waals surface area (Å²) in [5.74, 6) is 0. The largest absolute Gasteiger partial charge is 0.318 e. The highest BCUT2D eigenvalue weighted by atomic mass is 15.1. The first-order valence-corrected chi connectivity index (χ1v) is 6.57. The van der Waals surface area contributed by atoms with Crippen LogP contribution in [0, 0.1) is 6.92 Å². The molecule has 2 nitrogen and oxygen atoms in total. The minimum absolute atomic E-state index is 0.630. The highest BCUT2D eigenvalue weighted by molar-refractivity contribution is 5.22. The van der Waals surface area contributed by atoms with Crippen molar-refractivity contribution >= 4 is 0 Å². The number of nitrogens with one attached hydrogen (secondary N) is 1. The van der Waals surface area contributed by atoms with Crippen LogP contribution in [-0.2, 0) is 6.54 Å². The zero-order chi connectivity index (χ0) is 12.7. The first kappa shape index (κ1) is 14.2. The summed E-state index contributed by atoms with van der Waals surface area (Å²) in [6, 6.07) is 9.42. The van der Waals surface area contributed by atoms with Gasteiger partial charge in [0, 0.05) is 19.1 Å². The average Bonchev–Trinajstić information content (AvgIpc) is 2.28. The van der Waals surface area contributed by atoms with Crippen molar-refractivity contribution in [2.45, 2.75) is 39.3 Å². The van der Waals surface area contributed by atoms with Crippen molar-refractivity contribution in [3.8, 4) is 0 Å². The van der Waals surface area contributed by atoms with Gasteiger partial charge in [-0.05, 0) is 33.0 Å². The molecule has 17 heavy (non-hydrogen) atoms. The first-order chi connectivity index (χ1) is 8.17. The molecule has 0 saturated carbocycles. The third kappa shape index (κ3) is 4.88. The molecule has 0 aliphatic heterocycles. The number of benzene rings is 1. The van der Waals surface area contributed by atoms with Crippen molar-refractivity contribution in [2.75, 3.05) is 20.6 Å². The smallest absolute Gasteiger partial charge is 0.0234 e. The molecule has 0 spiro atoms. The lowest BCUT2D eigenvalue weighted by Gasteiger charge is -2.28. The SMILES string of the molecule is CCCC(CNC)N(C)Cc1cccc(C)c1. The predicted octanol–water partition coefficient (Wildman–Crippen LogP) is 2.81. The molecule has 1 aromatic rings. The van der Waals surface area contributed by atoms with Crippen molar-refractivity contribution in [1.29, 1.82) is 0 Å². The molecular weight excluding hydrogens is 208 g/mol. The number of hydrogen-bond donors (Lipinski definition) is 1. The lowest BCUT2D eigenvalue weighted by Crippen LogP contribution is -2.38. The molecule has 1 N–H and O–H groups in total. The highest BCUT2D eigenvalue weighted by Gasteiger charge is 2.12. The molecule has 2 heteroatoms. The van der Waals surface area contributed by atoms with Crippen LogP contribution in [0.4, 0.5) is 0 Å². The van der Waals surface area contributed by atoms with E-state index in [1.807, 2.05) is 7.05 Å². The summed E-state index contributed by atoms with van der Waals surface area (Å²) >= 11 is 0. The number of likely N-dealkylation sites (N-methyl/N-ethyl adjacent to an activating group) is 2. The van der Waals surface area contributed by atoms with Gasteiger partial charge in [0.1, 0.15) is 0 Å². The molecule has 0 heterocycles. The Morgan fingerprint density at radius 2 is 2.12 bits per heavy atom. The Hall–Kier alpha value is -0.860. The van der Waals surface area contributed by atoms with Gasteiger partial charge in [-0.2, -0.15) is 0 Å². The summed E-state index contributed by atoms with van der Waals surface area (Å²) in [4.78, 5) is 2.45. The second-order valence-electron chi connectivity index (χ2n) is 4.90. The lowest BCUT2D eigenvalue weighted by atomic mass is 10.1. The van der Waals surface area contributed by atoms with Gasteiger partial charge in [-0.15, -0.1) is 0 Å². The molecule has 1 aromatic carbocycles. The molecule has 0 aliphatic rings. The molecule has 0 bridgehead atoms. The van der Waals surface area contributed by atoms with Gasteiger partial charge in [0.05, 0.1) is 0 Å². The fraction of sp³-hybridized carbons (Fsp3) is 0.600. The third-order valence-electron chi connectivity index (χ3n) is 3.20.